The maximum Gasteiger partial charge on any atom is 0.112 e. The topological polar surface area (TPSA) is 44.1 Å². The van der Waals surface area contributed by atoms with Gasteiger partial charge in [0.2, 0.25) is 0 Å². The highest BCUT2D eigenvalue weighted by Gasteiger charge is 2.07. The first-order valence-corrected chi connectivity index (χ1v) is 2.87. The minimum absolute atomic E-state index is 0.0648. The van der Waals surface area contributed by atoms with E-state index in [2.05, 4.69) is 0 Å². The minimum atomic E-state index is 0.0648. The van der Waals surface area contributed by atoms with Gasteiger partial charge in [-0.1, -0.05) is 6.92 Å². The van der Waals surface area contributed by atoms with Crippen LogP contribution in [0, 0.1) is 11.3 Å². The Morgan fingerprint density at radius 2 is 2.22 bits per heavy atom. The summed E-state index contributed by atoms with van der Waals surface area (Å²) in [6.45, 7) is 1.88. The highest BCUT2D eigenvalue weighted by molar-refractivity contribution is 5.96. The van der Waals surface area contributed by atoms with E-state index in [1.807, 2.05) is 6.92 Å². The van der Waals surface area contributed by atoms with Crippen LogP contribution in [-0.2, 0) is 0 Å². The van der Waals surface area contributed by atoms with Gasteiger partial charge in [0, 0.05) is 11.6 Å². The number of aliphatic hydroxyl groups is 1. The van der Waals surface area contributed by atoms with Crippen LogP contribution in [-0.4, -0.2) is 10.8 Å². The molecule has 48 valence electrons. The average Bonchev–Trinajstić information content (AvgIpc) is 1.80. The van der Waals surface area contributed by atoms with E-state index < -0.39 is 0 Å². The lowest BCUT2D eigenvalue weighted by Crippen LogP contribution is -2.07. The van der Waals surface area contributed by atoms with Gasteiger partial charge in [0.15, 0.2) is 0 Å². The molecular weight excluding hydrogens is 114 g/mol. The molecule has 1 unspecified atom stereocenters. The summed E-state index contributed by atoms with van der Waals surface area (Å²) in [5.74, 6) is 0.327. The van der Waals surface area contributed by atoms with Crippen molar-refractivity contribution in [1.82, 2.24) is 0 Å². The van der Waals surface area contributed by atoms with Crippen LogP contribution in [0.25, 0.3) is 0 Å². The van der Waals surface area contributed by atoms with Crippen molar-refractivity contribution in [3.05, 3.63) is 24.0 Å². The Labute approximate surface area is 54.0 Å². The predicted octanol–water partition coefficient (Wildman–Crippen LogP) is 1.65. The average molecular weight is 123 g/mol. The molecule has 9 heavy (non-hydrogen) atoms. The van der Waals surface area contributed by atoms with Crippen LogP contribution in [0.5, 0.6) is 0 Å². The molecule has 0 bridgehead atoms. The largest absolute Gasteiger partial charge is 0.508 e. The number of rotatable bonds is 0. The van der Waals surface area contributed by atoms with E-state index in [4.69, 9.17) is 10.5 Å². The number of hydrogen-bond acceptors (Lipinski definition) is 2. The first-order chi connectivity index (χ1) is 4.20. The number of allylic oxidation sites excluding steroid dienone is 3. The predicted molar refractivity (Wildman–Crippen MR) is 36.7 cm³/mol. The van der Waals surface area contributed by atoms with E-state index in [0.717, 1.165) is 0 Å². The summed E-state index contributed by atoms with van der Waals surface area (Å²) in [4.78, 5) is 0. The van der Waals surface area contributed by atoms with E-state index in [1.165, 1.54) is 6.08 Å². The molecule has 1 aliphatic rings. The molecule has 0 saturated heterocycles. The van der Waals surface area contributed by atoms with Crippen molar-refractivity contribution in [2.75, 3.05) is 0 Å². The highest BCUT2D eigenvalue weighted by Crippen LogP contribution is 2.10. The molecule has 0 aliphatic heterocycles. The number of aliphatic hydroxyl groups excluding tert-OH is 1. The summed E-state index contributed by atoms with van der Waals surface area (Å²) < 4.78 is 0. The fraction of sp³-hybridized carbons (Fsp3) is 0.286. The van der Waals surface area contributed by atoms with Gasteiger partial charge in [-0.25, -0.2) is 0 Å². The van der Waals surface area contributed by atoms with E-state index >= 15 is 0 Å². The van der Waals surface area contributed by atoms with Gasteiger partial charge in [-0.05, 0) is 18.2 Å². The molecule has 2 heteroatoms. The second-order valence-corrected chi connectivity index (χ2v) is 2.17. The first kappa shape index (κ1) is 6.08. The van der Waals surface area contributed by atoms with Crippen LogP contribution in [0.3, 0.4) is 0 Å². The van der Waals surface area contributed by atoms with Crippen LogP contribution >= 0.6 is 0 Å². The Morgan fingerprint density at radius 1 is 1.56 bits per heavy atom. The molecule has 2 nitrogen and oxygen atoms in total. The quantitative estimate of drug-likeness (QED) is 0.505. The molecule has 1 rings (SSSR count). The zero-order chi connectivity index (χ0) is 6.85. The molecule has 0 spiro atoms. The van der Waals surface area contributed by atoms with Crippen molar-refractivity contribution in [1.29, 1.82) is 5.41 Å². The summed E-state index contributed by atoms with van der Waals surface area (Å²) in [6.07, 6.45) is 4.80. The fourth-order valence-electron chi connectivity index (χ4n) is 0.728. The molecule has 0 saturated carbocycles. The third-order valence-electron chi connectivity index (χ3n) is 1.34. The van der Waals surface area contributed by atoms with Gasteiger partial charge in [-0.3, -0.25) is 0 Å². The summed E-state index contributed by atoms with van der Waals surface area (Å²) in [6, 6.07) is 0. The minimum Gasteiger partial charge on any atom is -0.508 e. The van der Waals surface area contributed by atoms with E-state index in [9.17, 15) is 0 Å². The van der Waals surface area contributed by atoms with E-state index in [-0.39, 0.29) is 11.7 Å². The third-order valence-corrected chi connectivity index (χ3v) is 1.34. The van der Waals surface area contributed by atoms with Crippen LogP contribution in [0.1, 0.15) is 6.92 Å². The molecule has 1 atom stereocenters. The van der Waals surface area contributed by atoms with Crippen molar-refractivity contribution in [2.45, 2.75) is 6.92 Å². The van der Waals surface area contributed by atoms with Crippen LogP contribution in [0.4, 0.5) is 0 Å². The van der Waals surface area contributed by atoms with Gasteiger partial charge in [0.05, 0.1) is 0 Å². The number of hydrogen-bond donors (Lipinski definition) is 2. The van der Waals surface area contributed by atoms with Gasteiger partial charge in [0.25, 0.3) is 0 Å². The van der Waals surface area contributed by atoms with Crippen molar-refractivity contribution < 1.29 is 5.11 Å². The van der Waals surface area contributed by atoms with E-state index in [1.54, 1.807) is 12.2 Å². The molecule has 0 radical (unpaired) electrons. The monoisotopic (exact) mass is 123 g/mol. The maximum absolute atomic E-state index is 8.88. The second-order valence-electron chi connectivity index (χ2n) is 2.17. The Morgan fingerprint density at radius 3 is 2.67 bits per heavy atom. The zero-order valence-electron chi connectivity index (χ0n) is 5.26. The Bertz CT molecular complexity index is 191. The normalized spacial score (nSPS) is 26.1. The standard InChI is InChI=1S/C7H9NO/c1-5-4-6(9)2-3-7(5)8/h2-5,8-9H,1H3. The van der Waals surface area contributed by atoms with Gasteiger partial charge < -0.3 is 10.5 Å². The Hall–Kier alpha value is -1.05. The lowest BCUT2D eigenvalue weighted by atomic mass is 10.0. The smallest absolute Gasteiger partial charge is 0.112 e. The molecule has 0 fully saturated rings. The Kier molecular flexibility index (Phi) is 1.39. The highest BCUT2D eigenvalue weighted by atomic mass is 16.3. The molecule has 0 aromatic rings. The SMILES string of the molecule is CC1C=C(O)C=CC1=N. The molecule has 1 aliphatic carbocycles. The van der Waals surface area contributed by atoms with Gasteiger partial charge >= 0.3 is 0 Å². The van der Waals surface area contributed by atoms with Crippen molar-refractivity contribution in [3.8, 4) is 0 Å². The first-order valence-electron chi connectivity index (χ1n) is 2.87. The molecular formula is C7H9NO. The molecule has 0 amide bonds. The molecule has 0 aromatic heterocycles. The maximum atomic E-state index is 8.88. The summed E-state index contributed by atoms with van der Waals surface area (Å²) in [5.41, 5.74) is 0.549. The lowest BCUT2D eigenvalue weighted by Gasteiger charge is -2.08. The van der Waals surface area contributed by atoms with Gasteiger partial charge in [0.1, 0.15) is 5.76 Å². The second kappa shape index (κ2) is 2.05. The van der Waals surface area contributed by atoms with E-state index in [0.29, 0.717) is 5.71 Å². The zero-order valence-corrected chi connectivity index (χ0v) is 5.26. The van der Waals surface area contributed by atoms with Crippen molar-refractivity contribution in [2.24, 2.45) is 5.92 Å². The molecule has 0 aromatic carbocycles. The fourth-order valence-corrected chi connectivity index (χ4v) is 0.728. The van der Waals surface area contributed by atoms with Crippen molar-refractivity contribution in [3.63, 3.8) is 0 Å². The lowest BCUT2D eigenvalue weighted by molar-refractivity contribution is 0.427. The molecule has 0 heterocycles. The summed E-state index contributed by atoms with van der Waals surface area (Å²) in [5, 5.41) is 16.1. The van der Waals surface area contributed by atoms with Gasteiger partial charge in [-0.2, -0.15) is 0 Å². The third kappa shape index (κ3) is 1.19. The van der Waals surface area contributed by atoms with Crippen molar-refractivity contribution >= 4 is 5.71 Å². The van der Waals surface area contributed by atoms with Gasteiger partial charge in [-0.15, -0.1) is 0 Å². The van der Waals surface area contributed by atoms with Crippen LogP contribution in [0.2, 0.25) is 0 Å². The van der Waals surface area contributed by atoms with Crippen LogP contribution in [0.15, 0.2) is 24.0 Å². The summed E-state index contributed by atoms with van der Waals surface area (Å²) in [7, 11) is 0. The molecule has 2 N–H and O–H groups in total. The Balaban J connectivity index is 2.82. The number of nitrogens with one attached hydrogen (secondary N) is 1. The van der Waals surface area contributed by atoms with Crippen LogP contribution < -0.4 is 0 Å². The summed E-state index contributed by atoms with van der Waals surface area (Å²) >= 11 is 0.